The van der Waals surface area contributed by atoms with Crippen molar-refractivity contribution in [2.45, 2.75) is 0 Å². The van der Waals surface area contributed by atoms with Crippen LogP contribution in [-0.4, -0.2) is 33.7 Å². The fourth-order valence-corrected chi connectivity index (χ4v) is 2.00. The number of nitrogens with zero attached hydrogens (tertiary/aromatic N) is 3. The molecule has 1 aromatic carbocycles. The molecule has 10 heteroatoms. The molecule has 9 nitrogen and oxygen atoms in total. The molecule has 1 heterocycles. The molecule has 0 atom stereocenters. The summed E-state index contributed by atoms with van der Waals surface area (Å²) in [6, 6.07) is 3.63. The van der Waals surface area contributed by atoms with Crippen LogP contribution in [0.3, 0.4) is 0 Å². The normalized spacial score (nSPS) is 10.2. The van der Waals surface area contributed by atoms with Gasteiger partial charge in [-0.05, 0) is 12.1 Å². The van der Waals surface area contributed by atoms with Gasteiger partial charge < -0.3 is 10.1 Å². The number of nitro groups is 1. The summed E-state index contributed by atoms with van der Waals surface area (Å²) in [5.41, 5.74) is -0.326. The minimum absolute atomic E-state index is 0.0146. The van der Waals surface area contributed by atoms with Crippen molar-refractivity contribution >= 4 is 34.9 Å². The predicted molar refractivity (Wildman–Crippen MR) is 80.6 cm³/mol. The number of carbonyl (C=O) groups excluding carboxylic acids is 2. The van der Waals surface area contributed by atoms with Gasteiger partial charge in [0.25, 0.3) is 11.6 Å². The topological polar surface area (TPSA) is 116 Å². The Balaban J connectivity index is 2.31. The van der Waals surface area contributed by atoms with Crippen LogP contribution in [0.2, 0.25) is 5.02 Å². The van der Waals surface area contributed by atoms with Crippen molar-refractivity contribution in [2.75, 3.05) is 12.4 Å². The number of esters is 1. The van der Waals surface area contributed by atoms with Crippen molar-refractivity contribution in [3.63, 3.8) is 0 Å². The summed E-state index contributed by atoms with van der Waals surface area (Å²) in [6.07, 6.45) is 1.41. The maximum absolute atomic E-state index is 12.2. The second kappa shape index (κ2) is 6.44. The van der Waals surface area contributed by atoms with Gasteiger partial charge in [0.1, 0.15) is 5.02 Å². The Morgan fingerprint density at radius 2 is 2.13 bits per heavy atom. The standard InChI is InChI=1S/C13H11ClN4O5/c1-17-6-9(11(16-17)13(20)23-2)15-12(19)7-3-4-8(14)10(5-7)18(21)22/h3-6H,1-2H3,(H,15,19). The highest BCUT2D eigenvalue weighted by Crippen LogP contribution is 2.25. The molecule has 2 rings (SSSR count). The first-order valence-corrected chi connectivity index (χ1v) is 6.58. The average molecular weight is 339 g/mol. The minimum Gasteiger partial charge on any atom is -0.464 e. The number of aromatic nitrogens is 2. The van der Waals surface area contributed by atoms with E-state index in [4.69, 9.17) is 11.6 Å². The fourth-order valence-electron chi connectivity index (χ4n) is 1.82. The molecule has 1 aromatic heterocycles. The van der Waals surface area contributed by atoms with Gasteiger partial charge in [0.05, 0.1) is 17.7 Å². The van der Waals surface area contributed by atoms with Gasteiger partial charge in [0.15, 0.2) is 5.69 Å². The Hall–Kier alpha value is -2.94. The van der Waals surface area contributed by atoms with Gasteiger partial charge in [0, 0.05) is 24.9 Å². The van der Waals surface area contributed by atoms with Crippen molar-refractivity contribution in [1.29, 1.82) is 0 Å². The zero-order chi connectivity index (χ0) is 17.1. The number of benzene rings is 1. The molecular weight excluding hydrogens is 328 g/mol. The maximum atomic E-state index is 12.2. The first-order chi connectivity index (χ1) is 10.8. The summed E-state index contributed by atoms with van der Waals surface area (Å²) in [5, 5.41) is 17.1. The molecule has 0 unspecified atom stereocenters. The van der Waals surface area contributed by atoms with E-state index in [9.17, 15) is 19.7 Å². The number of aryl methyl sites for hydroxylation is 1. The van der Waals surface area contributed by atoms with Crippen LogP contribution in [0.25, 0.3) is 0 Å². The van der Waals surface area contributed by atoms with Crippen molar-refractivity contribution in [3.05, 3.63) is 50.8 Å². The summed E-state index contributed by atoms with van der Waals surface area (Å²) in [6.45, 7) is 0. The number of halogens is 1. The number of methoxy groups -OCH3 is 1. The summed E-state index contributed by atoms with van der Waals surface area (Å²) in [4.78, 5) is 34.0. The molecule has 1 amide bonds. The lowest BCUT2D eigenvalue weighted by molar-refractivity contribution is -0.384. The van der Waals surface area contributed by atoms with Crippen LogP contribution in [0.1, 0.15) is 20.8 Å². The lowest BCUT2D eigenvalue weighted by Gasteiger charge is -2.05. The third-order valence-corrected chi connectivity index (χ3v) is 3.18. The first-order valence-electron chi connectivity index (χ1n) is 6.20. The number of hydrogen-bond acceptors (Lipinski definition) is 6. The van der Waals surface area contributed by atoms with Gasteiger partial charge in [-0.1, -0.05) is 11.6 Å². The number of carbonyl (C=O) groups is 2. The Morgan fingerprint density at radius 3 is 2.74 bits per heavy atom. The molecule has 1 N–H and O–H groups in total. The van der Waals surface area contributed by atoms with E-state index in [-0.39, 0.29) is 22.0 Å². The van der Waals surface area contributed by atoms with Gasteiger partial charge in [-0.25, -0.2) is 4.79 Å². The SMILES string of the molecule is COC(=O)c1nn(C)cc1NC(=O)c1ccc(Cl)c([N+](=O)[O-])c1. The molecule has 2 aromatic rings. The van der Waals surface area contributed by atoms with E-state index in [2.05, 4.69) is 15.2 Å². The van der Waals surface area contributed by atoms with Crippen molar-refractivity contribution < 1.29 is 19.2 Å². The van der Waals surface area contributed by atoms with Crippen LogP contribution < -0.4 is 5.32 Å². The molecule has 23 heavy (non-hydrogen) atoms. The molecule has 0 spiro atoms. The van der Waals surface area contributed by atoms with Gasteiger partial charge in [-0.2, -0.15) is 5.10 Å². The second-order valence-corrected chi connectivity index (χ2v) is 4.84. The maximum Gasteiger partial charge on any atom is 0.360 e. The van der Waals surface area contributed by atoms with Crippen LogP contribution in [0.5, 0.6) is 0 Å². The highest BCUT2D eigenvalue weighted by Gasteiger charge is 2.21. The summed E-state index contributed by atoms with van der Waals surface area (Å²) < 4.78 is 5.90. The number of hydrogen-bond donors (Lipinski definition) is 1. The highest BCUT2D eigenvalue weighted by molar-refractivity contribution is 6.32. The number of nitro benzene ring substituents is 1. The van der Waals surface area contributed by atoms with Crippen LogP contribution in [0.4, 0.5) is 11.4 Å². The number of nitrogens with one attached hydrogen (secondary N) is 1. The van der Waals surface area contributed by atoms with E-state index >= 15 is 0 Å². The number of amides is 1. The van der Waals surface area contributed by atoms with Gasteiger partial charge in [-0.3, -0.25) is 19.6 Å². The Labute approximate surface area is 134 Å². The Bertz CT molecular complexity index is 802. The molecule has 0 saturated carbocycles. The zero-order valence-electron chi connectivity index (χ0n) is 12.1. The largest absolute Gasteiger partial charge is 0.464 e. The van der Waals surface area contributed by atoms with E-state index < -0.39 is 22.5 Å². The lowest BCUT2D eigenvalue weighted by atomic mass is 10.2. The van der Waals surface area contributed by atoms with E-state index in [1.54, 1.807) is 7.05 Å². The summed E-state index contributed by atoms with van der Waals surface area (Å²) in [5.74, 6) is -1.37. The fraction of sp³-hybridized carbons (Fsp3) is 0.154. The molecule has 0 aliphatic rings. The third-order valence-electron chi connectivity index (χ3n) is 2.86. The number of anilines is 1. The summed E-state index contributed by atoms with van der Waals surface area (Å²) >= 11 is 5.70. The molecule has 0 aliphatic heterocycles. The number of rotatable bonds is 4. The average Bonchev–Trinajstić information content (AvgIpc) is 2.87. The van der Waals surface area contributed by atoms with Crippen LogP contribution in [-0.2, 0) is 11.8 Å². The molecule has 0 aliphatic carbocycles. The zero-order valence-corrected chi connectivity index (χ0v) is 12.8. The molecule has 0 radical (unpaired) electrons. The molecule has 0 fully saturated rings. The molecule has 0 bridgehead atoms. The summed E-state index contributed by atoms with van der Waals surface area (Å²) in [7, 11) is 2.75. The van der Waals surface area contributed by atoms with Crippen molar-refractivity contribution in [2.24, 2.45) is 7.05 Å². The Morgan fingerprint density at radius 1 is 1.43 bits per heavy atom. The third kappa shape index (κ3) is 3.46. The van der Waals surface area contributed by atoms with E-state index in [1.807, 2.05) is 0 Å². The van der Waals surface area contributed by atoms with E-state index in [1.165, 1.54) is 30.1 Å². The highest BCUT2D eigenvalue weighted by atomic mass is 35.5. The second-order valence-electron chi connectivity index (χ2n) is 4.43. The van der Waals surface area contributed by atoms with Crippen molar-refractivity contribution in [1.82, 2.24) is 9.78 Å². The quantitative estimate of drug-likeness (QED) is 0.518. The van der Waals surface area contributed by atoms with Crippen LogP contribution in [0, 0.1) is 10.1 Å². The van der Waals surface area contributed by atoms with Gasteiger partial charge in [0.2, 0.25) is 0 Å². The monoisotopic (exact) mass is 338 g/mol. The van der Waals surface area contributed by atoms with Crippen LogP contribution >= 0.6 is 11.6 Å². The minimum atomic E-state index is -0.719. The lowest BCUT2D eigenvalue weighted by Crippen LogP contribution is -2.15. The van der Waals surface area contributed by atoms with Crippen molar-refractivity contribution in [3.8, 4) is 0 Å². The smallest absolute Gasteiger partial charge is 0.360 e. The van der Waals surface area contributed by atoms with Gasteiger partial charge in [-0.15, -0.1) is 0 Å². The van der Waals surface area contributed by atoms with Crippen LogP contribution in [0.15, 0.2) is 24.4 Å². The Kier molecular flexibility index (Phi) is 4.60. The molecule has 120 valence electrons. The first kappa shape index (κ1) is 16.4. The van der Waals surface area contributed by atoms with Gasteiger partial charge >= 0.3 is 5.97 Å². The van der Waals surface area contributed by atoms with E-state index in [0.717, 1.165) is 6.07 Å². The molecule has 0 saturated heterocycles. The number of ether oxygens (including phenoxy) is 1. The molecular formula is C13H11ClN4O5. The predicted octanol–water partition coefficient (Wildman–Crippen LogP) is 2.02. The van der Waals surface area contributed by atoms with E-state index in [0.29, 0.717) is 0 Å².